The highest BCUT2D eigenvalue weighted by molar-refractivity contribution is 7.99. The minimum Gasteiger partial charge on any atom is -0.387 e. The third kappa shape index (κ3) is 3.63. The van der Waals surface area contributed by atoms with E-state index in [9.17, 15) is 14.3 Å². The molecule has 0 unspecified atom stereocenters. The van der Waals surface area contributed by atoms with E-state index in [0.29, 0.717) is 24.2 Å². The van der Waals surface area contributed by atoms with Crippen LogP contribution in [0.15, 0.2) is 18.2 Å². The van der Waals surface area contributed by atoms with Crippen molar-refractivity contribution >= 4 is 17.8 Å². The van der Waals surface area contributed by atoms with Crippen LogP contribution in [0.1, 0.15) is 36.9 Å². The van der Waals surface area contributed by atoms with Crippen LogP contribution >= 0.6 is 11.8 Å². The van der Waals surface area contributed by atoms with Gasteiger partial charge < -0.3 is 15.7 Å². The molecular formula is C17H23FN2O2S. The van der Waals surface area contributed by atoms with Gasteiger partial charge >= 0.3 is 6.03 Å². The number of nitrogens with one attached hydrogen (secondary N) is 2. The van der Waals surface area contributed by atoms with Crippen LogP contribution in [0.25, 0.3) is 0 Å². The Hall–Kier alpha value is -1.27. The predicted octanol–water partition coefficient (Wildman–Crippen LogP) is 2.62. The molecule has 1 heterocycles. The van der Waals surface area contributed by atoms with Crippen LogP contribution in [0.2, 0.25) is 0 Å². The highest BCUT2D eigenvalue weighted by Gasteiger charge is 2.33. The fourth-order valence-corrected chi connectivity index (χ4v) is 4.66. The van der Waals surface area contributed by atoms with E-state index in [4.69, 9.17) is 0 Å². The minimum atomic E-state index is -0.801. The maximum Gasteiger partial charge on any atom is 0.315 e. The van der Waals surface area contributed by atoms with Crippen molar-refractivity contribution in [1.29, 1.82) is 0 Å². The van der Waals surface area contributed by atoms with E-state index >= 15 is 0 Å². The number of carbonyl (C=O) groups is 1. The molecular weight excluding hydrogens is 315 g/mol. The van der Waals surface area contributed by atoms with Crippen molar-refractivity contribution in [2.24, 2.45) is 5.92 Å². The molecule has 4 nitrogen and oxygen atoms in total. The minimum absolute atomic E-state index is 0.193. The smallest absolute Gasteiger partial charge is 0.315 e. The number of rotatable bonds is 3. The first-order chi connectivity index (χ1) is 11.0. The number of carbonyl (C=O) groups excluding carboxylic acids is 1. The molecule has 1 fully saturated rings. The van der Waals surface area contributed by atoms with Crippen molar-refractivity contribution in [3.8, 4) is 0 Å². The standard InChI is InChI=1S/C17H23FN2O2S/c1-11-5-6-12-13(3-2-4-14(12)18)15(11)20-16(21)19-9-17(22)7-8-23-10-17/h2-4,11,15,22H,5-10H2,1H3,(H2,19,20,21)/t11-,15-,17+/m1/s1. The van der Waals surface area contributed by atoms with E-state index in [2.05, 4.69) is 17.6 Å². The lowest BCUT2D eigenvalue weighted by Crippen LogP contribution is -2.48. The molecule has 2 amide bonds. The molecule has 3 N–H and O–H groups in total. The Bertz CT molecular complexity index is 590. The monoisotopic (exact) mass is 338 g/mol. The van der Waals surface area contributed by atoms with E-state index in [0.717, 1.165) is 17.7 Å². The SMILES string of the molecule is C[C@@H]1CCc2c(F)cccc2[C@@H]1NC(=O)NC[C@@]1(O)CCSC1. The summed E-state index contributed by atoms with van der Waals surface area (Å²) in [5.41, 5.74) is 0.778. The fourth-order valence-electron chi connectivity index (χ4n) is 3.37. The molecule has 1 aliphatic carbocycles. The van der Waals surface area contributed by atoms with Gasteiger partial charge in [0.15, 0.2) is 0 Å². The Labute approximate surface area is 140 Å². The average molecular weight is 338 g/mol. The van der Waals surface area contributed by atoms with Gasteiger partial charge in [0.1, 0.15) is 5.82 Å². The molecule has 3 rings (SSSR count). The maximum absolute atomic E-state index is 13.9. The summed E-state index contributed by atoms with van der Waals surface area (Å²) < 4.78 is 13.9. The lowest BCUT2D eigenvalue weighted by atomic mass is 9.80. The van der Waals surface area contributed by atoms with Gasteiger partial charge in [0, 0.05) is 12.3 Å². The number of benzene rings is 1. The molecule has 6 heteroatoms. The van der Waals surface area contributed by atoms with Crippen LogP contribution in [0, 0.1) is 11.7 Å². The van der Waals surface area contributed by atoms with Crippen LogP contribution in [0.4, 0.5) is 9.18 Å². The summed E-state index contributed by atoms with van der Waals surface area (Å²) >= 11 is 1.70. The van der Waals surface area contributed by atoms with Crippen molar-refractivity contribution in [1.82, 2.24) is 10.6 Å². The molecule has 1 aliphatic heterocycles. The van der Waals surface area contributed by atoms with Crippen molar-refractivity contribution < 1.29 is 14.3 Å². The average Bonchev–Trinajstić information content (AvgIpc) is 2.96. The molecule has 1 saturated heterocycles. The molecule has 0 radical (unpaired) electrons. The Kier molecular flexibility index (Phi) is 4.82. The Morgan fingerprint density at radius 2 is 2.35 bits per heavy atom. The van der Waals surface area contributed by atoms with Gasteiger partial charge in [0.2, 0.25) is 0 Å². The second-order valence-electron chi connectivity index (χ2n) is 6.66. The summed E-state index contributed by atoms with van der Waals surface area (Å²) in [6, 6.07) is 4.56. The molecule has 0 aromatic heterocycles. The van der Waals surface area contributed by atoms with Crippen molar-refractivity contribution in [3.05, 3.63) is 35.1 Å². The maximum atomic E-state index is 13.9. The summed E-state index contributed by atoms with van der Waals surface area (Å²) in [6.07, 6.45) is 2.26. The zero-order valence-electron chi connectivity index (χ0n) is 13.3. The number of halogens is 1. The van der Waals surface area contributed by atoms with E-state index in [1.165, 1.54) is 6.07 Å². The van der Waals surface area contributed by atoms with E-state index in [-0.39, 0.29) is 30.4 Å². The zero-order chi connectivity index (χ0) is 16.4. The van der Waals surface area contributed by atoms with Gasteiger partial charge in [0.25, 0.3) is 0 Å². The van der Waals surface area contributed by atoms with Crippen LogP contribution in [-0.2, 0) is 6.42 Å². The number of hydrogen-bond donors (Lipinski definition) is 3. The van der Waals surface area contributed by atoms with Gasteiger partial charge in [-0.2, -0.15) is 11.8 Å². The fraction of sp³-hybridized carbons (Fsp3) is 0.588. The Balaban J connectivity index is 1.65. The summed E-state index contributed by atoms with van der Waals surface area (Å²) in [5, 5.41) is 16.0. The van der Waals surface area contributed by atoms with Gasteiger partial charge in [-0.15, -0.1) is 0 Å². The highest BCUT2D eigenvalue weighted by atomic mass is 32.2. The summed E-state index contributed by atoms with van der Waals surface area (Å²) in [4.78, 5) is 12.2. The quantitative estimate of drug-likeness (QED) is 0.794. The molecule has 3 atom stereocenters. The van der Waals surface area contributed by atoms with Crippen molar-refractivity contribution in [2.75, 3.05) is 18.1 Å². The lowest BCUT2D eigenvalue weighted by molar-refractivity contribution is 0.0697. The van der Waals surface area contributed by atoms with Gasteiger partial charge in [-0.25, -0.2) is 9.18 Å². The number of aliphatic hydroxyl groups is 1. The van der Waals surface area contributed by atoms with Gasteiger partial charge in [-0.05, 0) is 48.1 Å². The first kappa shape index (κ1) is 16.6. The zero-order valence-corrected chi connectivity index (χ0v) is 14.1. The lowest BCUT2D eigenvalue weighted by Gasteiger charge is -2.32. The predicted molar refractivity (Wildman–Crippen MR) is 90.1 cm³/mol. The normalized spacial score (nSPS) is 29.9. The topological polar surface area (TPSA) is 61.4 Å². The Morgan fingerprint density at radius 1 is 1.52 bits per heavy atom. The van der Waals surface area contributed by atoms with E-state index in [1.54, 1.807) is 17.8 Å². The largest absolute Gasteiger partial charge is 0.387 e. The highest BCUT2D eigenvalue weighted by Crippen LogP contribution is 2.35. The van der Waals surface area contributed by atoms with Crippen LogP contribution in [0.5, 0.6) is 0 Å². The van der Waals surface area contributed by atoms with Gasteiger partial charge in [-0.3, -0.25) is 0 Å². The third-order valence-corrected chi connectivity index (χ3v) is 6.09. The molecule has 126 valence electrons. The first-order valence-corrected chi connectivity index (χ1v) is 9.26. The molecule has 0 spiro atoms. The molecule has 23 heavy (non-hydrogen) atoms. The first-order valence-electron chi connectivity index (χ1n) is 8.10. The van der Waals surface area contributed by atoms with Gasteiger partial charge in [-0.1, -0.05) is 19.1 Å². The Morgan fingerprint density at radius 3 is 3.09 bits per heavy atom. The van der Waals surface area contributed by atoms with E-state index in [1.807, 2.05) is 6.07 Å². The second-order valence-corrected chi connectivity index (χ2v) is 7.76. The van der Waals surface area contributed by atoms with Crippen molar-refractivity contribution in [3.63, 3.8) is 0 Å². The van der Waals surface area contributed by atoms with Crippen LogP contribution in [0.3, 0.4) is 0 Å². The third-order valence-electron chi connectivity index (χ3n) is 4.86. The number of hydrogen-bond acceptors (Lipinski definition) is 3. The van der Waals surface area contributed by atoms with Gasteiger partial charge in [0.05, 0.1) is 11.6 Å². The molecule has 1 aromatic carbocycles. The number of fused-ring (bicyclic) bond motifs is 1. The van der Waals surface area contributed by atoms with Crippen LogP contribution in [-0.4, -0.2) is 34.8 Å². The van der Waals surface area contributed by atoms with E-state index < -0.39 is 5.60 Å². The number of urea groups is 1. The summed E-state index contributed by atoms with van der Waals surface area (Å²) in [6.45, 7) is 2.32. The number of amides is 2. The van der Waals surface area contributed by atoms with Crippen molar-refractivity contribution in [2.45, 2.75) is 37.8 Å². The molecule has 0 saturated carbocycles. The molecule has 2 aliphatic rings. The summed E-state index contributed by atoms with van der Waals surface area (Å²) in [7, 11) is 0. The van der Waals surface area contributed by atoms with Crippen LogP contribution < -0.4 is 10.6 Å². The number of thioether (sulfide) groups is 1. The molecule has 0 bridgehead atoms. The second kappa shape index (κ2) is 6.69. The molecule has 1 aromatic rings. The summed E-state index contributed by atoms with van der Waals surface area (Å²) in [5.74, 6) is 1.63.